The highest BCUT2D eigenvalue weighted by molar-refractivity contribution is 5.71. The second-order valence-electron chi connectivity index (χ2n) is 7.87. The number of phenolic OH excluding ortho intramolecular Hbond substituents is 2. The topological polar surface area (TPSA) is 115 Å². The highest BCUT2D eigenvalue weighted by atomic mass is 16.4. The molecule has 0 amide bonds. The van der Waals surface area contributed by atoms with Crippen LogP contribution in [0.15, 0.2) is 36.4 Å². The van der Waals surface area contributed by atoms with Gasteiger partial charge in [-0.1, -0.05) is 19.1 Å². The molecule has 2 aromatic carbocycles. The summed E-state index contributed by atoms with van der Waals surface area (Å²) >= 11 is 0. The van der Waals surface area contributed by atoms with Crippen molar-refractivity contribution in [3.8, 4) is 11.5 Å². The fourth-order valence-electron chi connectivity index (χ4n) is 4.44. The number of carboxylic acids is 2. The number of carbonyl (C=O) groups is 2. The highest BCUT2D eigenvalue weighted by Gasteiger charge is 2.31. The van der Waals surface area contributed by atoms with E-state index in [1.807, 2.05) is 12.1 Å². The van der Waals surface area contributed by atoms with Crippen LogP contribution in [0.5, 0.6) is 11.5 Å². The third-order valence-electron chi connectivity index (χ3n) is 5.99. The molecule has 0 bridgehead atoms. The molecule has 4 rings (SSSR count). The molecule has 0 aromatic heterocycles. The lowest BCUT2D eigenvalue weighted by atomic mass is 9.89. The van der Waals surface area contributed by atoms with Gasteiger partial charge in [0.05, 0.1) is 12.3 Å². The molecule has 2 aliphatic rings. The van der Waals surface area contributed by atoms with Crippen molar-refractivity contribution in [2.75, 3.05) is 0 Å². The summed E-state index contributed by atoms with van der Waals surface area (Å²) in [7, 11) is 0. The van der Waals surface area contributed by atoms with Gasteiger partial charge in [-0.2, -0.15) is 0 Å². The normalized spacial score (nSPS) is 20.2. The Kier molecular flexibility index (Phi) is 6.11. The lowest BCUT2D eigenvalue weighted by molar-refractivity contribution is -0.142. The molecule has 4 N–H and O–H groups in total. The number of hydrogen-bond acceptors (Lipinski definition) is 4. The first-order valence-corrected chi connectivity index (χ1v) is 9.84. The molecule has 0 saturated heterocycles. The van der Waals surface area contributed by atoms with Gasteiger partial charge in [0.25, 0.3) is 0 Å². The predicted octanol–water partition coefficient (Wildman–Crippen LogP) is 4.04. The van der Waals surface area contributed by atoms with Crippen LogP contribution >= 0.6 is 0 Å². The summed E-state index contributed by atoms with van der Waals surface area (Å²) in [5.74, 6) is -1.11. The van der Waals surface area contributed by atoms with Crippen LogP contribution in [-0.4, -0.2) is 32.4 Å². The van der Waals surface area contributed by atoms with Gasteiger partial charge < -0.3 is 20.4 Å². The fourth-order valence-corrected chi connectivity index (χ4v) is 4.44. The Bertz CT molecular complexity index is 920. The lowest BCUT2D eigenvalue weighted by Gasteiger charge is -2.15. The van der Waals surface area contributed by atoms with Gasteiger partial charge in [0.15, 0.2) is 0 Å². The number of benzene rings is 2. The number of hydrogen-bond donors (Lipinski definition) is 4. The van der Waals surface area contributed by atoms with Crippen LogP contribution in [0.4, 0.5) is 0 Å². The van der Waals surface area contributed by atoms with E-state index in [2.05, 4.69) is 0 Å². The molecule has 154 valence electrons. The van der Waals surface area contributed by atoms with Crippen LogP contribution < -0.4 is 0 Å². The Balaban J connectivity index is 0.000000166. The molecule has 0 aliphatic heterocycles. The van der Waals surface area contributed by atoms with Crippen LogP contribution in [0.2, 0.25) is 0 Å². The van der Waals surface area contributed by atoms with Gasteiger partial charge in [-0.25, -0.2) is 0 Å². The fraction of sp³-hybridized carbons (Fsp3) is 0.391. The van der Waals surface area contributed by atoms with Gasteiger partial charge in [-0.15, -0.1) is 0 Å². The van der Waals surface area contributed by atoms with Gasteiger partial charge in [0.2, 0.25) is 0 Å². The Hall–Kier alpha value is -3.02. The van der Waals surface area contributed by atoms with Gasteiger partial charge in [-0.05, 0) is 84.0 Å². The summed E-state index contributed by atoms with van der Waals surface area (Å²) in [6.45, 7) is 1.74. The van der Waals surface area contributed by atoms with Gasteiger partial charge in [0, 0.05) is 0 Å². The number of aromatic hydroxyl groups is 2. The molecular formula is C23H26O6. The van der Waals surface area contributed by atoms with Crippen molar-refractivity contribution in [3.63, 3.8) is 0 Å². The van der Waals surface area contributed by atoms with E-state index in [4.69, 9.17) is 10.2 Å². The molecule has 0 heterocycles. The smallest absolute Gasteiger partial charge is 0.306 e. The van der Waals surface area contributed by atoms with E-state index in [9.17, 15) is 19.8 Å². The minimum Gasteiger partial charge on any atom is -0.508 e. The minimum atomic E-state index is -0.754. The van der Waals surface area contributed by atoms with Crippen LogP contribution in [0.25, 0.3) is 0 Å². The van der Waals surface area contributed by atoms with E-state index in [1.54, 1.807) is 31.2 Å². The molecule has 6 nitrogen and oxygen atoms in total. The molecule has 3 unspecified atom stereocenters. The van der Waals surface area contributed by atoms with E-state index >= 15 is 0 Å². The number of carboxylic acid groups (broad SMARTS) is 2. The maximum absolute atomic E-state index is 10.9. The summed E-state index contributed by atoms with van der Waals surface area (Å²) < 4.78 is 0. The average Bonchev–Trinajstić information content (AvgIpc) is 3.24. The van der Waals surface area contributed by atoms with Crippen LogP contribution in [0, 0.1) is 5.92 Å². The van der Waals surface area contributed by atoms with Crippen LogP contribution in [0.3, 0.4) is 0 Å². The number of aliphatic carboxylic acids is 2. The summed E-state index contributed by atoms with van der Waals surface area (Å²) in [5.41, 5.74) is 4.36. The first-order valence-electron chi connectivity index (χ1n) is 9.84. The maximum atomic E-state index is 10.9. The van der Waals surface area contributed by atoms with Crippen LogP contribution in [0.1, 0.15) is 60.3 Å². The second kappa shape index (κ2) is 8.55. The van der Waals surface area contributed by atoms with Crippen molar-refractivity contribution in [2.24, 2.45) is 5.92 Å². The van der Waals surface area contributed by atoms with Crippen molar-refractivity contribution >= 4 is 11.9 Å². The third-order valence-corrected chi connectivity index (χ3v) is 5.99. The Morgan fingerprint density at radius 3 is 2.07 bits per heavy atom. The number of fused-ring (bicyclic) bond motifs is 2. The van der Waals surface area contributed by atoms with Crippen molar-refractivity contribution < 1.29 is 30.0 Å². The first kappa shape index (κ1) is 20.7. The van der Waals surface area contributed by atoms with Crippen molar-refractivity contribution in [3.05, 3.63) is 58.7 Å². The van der Waals surface area contributed by atoms with Gasteiger partial charge in [0.1, 0.15) is 11.5 Å². The van der Waals surface area contributed by atoms with Crippen molar-refractivity contribution in [1.82, 2.24) is 0 Å². The molecule has 0 radical (unpaired) electrons. The molecule has 0 saturated carbocycles. The molecule has 0 fully saturated rings. The van der Waals surface area contributed by atoms with E-state index in [1.165, 1.54) is 0 Å². The average molecular weight is 398 g/mol. The van der Waals surface area contributed by atoms with Gasteiger partial charge >= 0.3 is 11.9 Å². The van der Waals surface area contributed by atoms with Gasteiger partial charge in [-0.3, -0.25) is 9.59 Å². The monoisotopic (exact) mass is 398 g/mol. The summed E-state index contributed by atoms with van der Waals surface area (Å²) in [4.78, 5) is 21.5. The SMILES string of the molecule is CC(C(=O)O)C1CCc2cc(O)ccc21.O=C(O)CC1CCc2cc(O)ccc21. The zero-order chi connectivity index (χ0) is 21.1. The number of aryl methyl sites for hydroxylation is 2. The van der Waals surface area contributed by atoms with Crippen molar-refractivity contribution in [1.29, 1.82) is 0 Å². The Labute approximate surface area is 169 Å². The van der Waals surface area contributed by atoms with E-state index in [-0.39, 0.29) is 35.7 Å². The Morgan fingerprint density at radius 2 is 1.48 bits per heavy atom. The zero-order valence-corrected chi connectivity index (χ0v) is 16.3. The van der Waals surface area contributed by atoms with E-state index in [0.717, 1.165) is 47.9 Å². The molecule has 2 aliphatic carbocycles. The molecule has 29 heavy (non-hydrogen) atoms. The first-order chi connectivity index (χ1) is 13.8. The van der Waals surface area contributed by atoms with E-state index in [0.29, 0.717) is 0 Å². The minimum absolute atomic E-state index is 0.0955. The standard InChI is InChI=1S/C12H14O3.C11H12O3/c1-7(12(14)15)10-4-2-8-6-9(13)3-5-11(8)10;12-9-3-4-10-7(5-9)1-2-8(10)6-11(13)14/h3,5-7,10,13H,2,4H2,1H3,(H,14,15);3-5,8,12H,1-2,6H2,(H,13,14). The summed E-state index contributed by atoms with van der Waals surface area (Å²) in [6, 6.07) is 10.4. The predicted molar refractivity (Wildman–Crippen MR) is 107 cm³/mol. The quantitative estimate of drug-likeness (QED) is 0.618. The Morgan fingerprint density at radius 1 is 0.931 bits per heavy atom. The second-order valence-corrected chi connectivity index (χ2v) is 7.87. The maximum Gasteiger partial charge on any atom is 0.306 e. The highest BCUT2D eigenvalue weighted by Crippen LogP contribution is 2.39. The molecule has 2 aromatic rings. The lowest BCUT2D eigenvalue weighted by Crippen LogP contribution is -2.17. The molecule has 0 spiro atoms. The van der Waals surface area contributed by atoms with Crippen LogP contribution in [-0.2, 0) is 22.4 Å². The van der Waals surface area contributed by atoms with E-state index < -0.39 is 11.9 Å². The van der Waals surface area contributed by atoms with Crippen molar-refractivity contribution in [2.45, 2.75) is 50.9 Å². The summed E-state index contributed by atoms with van der Waals surface area (Å²) in [6.07, 6.45) is 3.68. The number of phenols is 2. The molecule has 3 atom stereocenters. The largest absolute Gasteiger partial charge is 0.508 e. The molecular weight excluding hydrogens is 372 g/mol. The third kappa shape index (κ3) is 4.70. The number of rotatable bonds is 4. The summed E-state index contributed by atoms with van der Waals surface area (Å²) in [5, 5.41) is 36.2. The zero-order valence-electron chi connectivity index (χ0n) is 16.3. The molecule has 6 heteroatoms.